The van der Waals surface area contributed by atoms with Crippen LogP contribution in [-0.2, 0) is 17.4 Å². The molecule has 4 aromatic rings. The second-order valence-corrected chi connectivity index (χ2v) is 9.19. The number of nitrogens with zero attached hydrogens (tertiary/aromatic N) is 2. The molecule has 0 amide bonds. The Hall–Kier alpha value is -3.54. The summed E-state index contributed by atoms with van der Waals surface area (Å²) in [6, 6.07) is 8.46. The summed E-state index contributed by atoms with van der Waals surface area (Å²) in [5, 5.41) is 11.0. The molecular formula is C25H19Cl2F3N2O6. The van der Waals surface area contributed by atoms with E-state index in [4.69, 9.17) is 32.4 Å². The fourth-order valence-electron chi connectivity index (χ4n) is 4.02. The smallest absolute Gasteiger partial charge is 0.422 e. The van der Waals surface area contributed by atoms with Crippen molar-refractivity contribution in [3.8, 4) is 11.6 Å². The third kappa shape index (κ3) is 4.72. The summed E-state index contributed by atoms with van der Waals surface area (Å²) in [4.78, 5) is 27.4. The standard InChI is InChI=1S/C25H19Cl2F3N2O6/c1-12(24(35,25(28,29)30)13-4-7-20-19(8-13)32(2)23(34)38-20)15-6-5-14(9-17(15)26)37-21-10-18(27)16(11-31-21)22(33)36-3/h4-12,35H,1-3H3. The van der Waals surface area contributed by atoms with E-state index in [2.05, 4.69) is 9.72 Å². The first-order chi connectivity index (χ1) is 17.8. The van der Waals surface area contributed by atoms with Crippen LogP contribution in [0.5, 0.6) is 11.6 Å². The lowest BCUT2D eigenvalue weighted by molar-refractivity contribution is -0.274. The Morgan fingerprint density at radius 1 is 1.13 bits per heavy atom. The average molecular weight is 571 g/mol. The number of carbonyl (C=O) groups is 1. The van der Waals surface area contributed by atoms with Gasteiger partial charge in [-0.2, -0.15) is 13.2 Å². The molecule has 2 atom stereocenters. The fraction of sp³-hybridized carbons (Fsp3) is 0.240. The molecule has 200 valence electrons. The van der Waals surface area contributed by atoms with Crippen molar-refractivity contribution in [2.45, 2.75) is 24.6 Å². The largest absolute Gasteiger partial charge is 0.465 e. The van der Waals surface area contributed by atoms with Crippen LogP contribution in [0.25, 0.3) is 11.1 Å². The van der Waals surface area contributed by atoms with Gasteiger partial charge in [-0.3, -0.25) is 4.57 Å². The van der Waals surface area contributed by atoms with Gasteiger partial charge in [0.15, 0.2) is 11.2 Å². The van der Waals surface area contributed by atoms with Crippen LogP contribution in [0.3, 0.4) is 0 Å². The van der Waals surface area contributed by atoms with Gasteiger partial charge in [-0.1, -0.05) is 42.3 Å². The van der Waals surface area contributed by atoms with E-state index in [0.29, 0.717) is 0 Å². The molecule has 8 nitrogen and oxygen atoms in total. The molecule has 0 aliphatic carbocycles. The second-order valence-electron chi connectivity index (χ2n) is 8.37. The predicted molar refractivity (Wildman–Crippen MR) is 132 cm³/mol. The maximum Gasteiger partial charge on any atom is 0.422 e. The van der Waals surface area contributed by atoms with E-state index in [1.165, 1.54) is 51.4 Å². The van der Waals surface area contributed by atoms with Gasteiger partial charge in [-0.25, -0.2) is 14.6 Å². The van der Waals surface area contributed by atoms with E-state index in [1.54, 1.807) is 0 Å². The molecule has 2 aromatic heterocycles. The van der Waals surface area contributed by atoms with Crippen LogP contribution < -0.4 is 10.5 Å². The Morgan fingerprint density at radius 3 is 2.45 bits per heavy atom. The highest BCUT2D eigenvalue weighted by Gasteiger charge is 2.59. The fourth-order valence-corrected chi connectivity index (χ4v) is 4.57. The van der Waals surface area contributed by atoms with Crippen LogP contribution >= 0.6 is 23.2 Å². The molecule has 0 spiro atoms. The SMILES string of the molecule is COC(=O)c1cnc(Oc2ccc(C(C)C(O)(c3ccc4oc(=O)n(C)c4c3)C(F)(F)F)c(Cl)c2)cc1Cl. The molecule has 0 aliphatic heterocycles. The Morgan fingerprint density at radius 2 is 1.84 bits per heavy atom. The summed E-state index contributed by atoms with van der Waals surface area (Å²) in [5.41, 5.74) is -3.72. The van der Waals surface area contributed by atoms with Crippen molar-refractivity contribution in [2.24, 2.45) is 7.05 Å². The van der Waals surface area contributed by atoms with Crippen molar-refractivity contribution in [1.82, 2.24) is 9.55 Å². The van der Waals surface area contributed by atoms with Crippen LogP contribution in [-0.4, -0.2) is 33.9 Å². The zero-order valence-electron chi connectivity index (χ0n) is 20.0. The Kier molecular flexibility index (Phi) is 7.21. The number of alkyl halides is 3. The van der Waals surface area contributed by atoms with E-state index in [-0.39, 0.29) is 43.9 Å². The van der Waals surface area contributed by atoms with E-state index in [9.17, 15) is 27.9 Å². The number of aliphatic hydroxyl groups is 1. The van der Waals surface area contributed by atoms with Crippen molar-refractivity contribution in [3.63, 3.8) is 0 Å². The number of pyridine rings is 1. The monoisotopic (exact) mass is 570 g/mol. The molecule has 2 aromatic carbocycles. The molecular weight excluding hydrogens is 552 g/mol. The van der Waals surface area contributed by atoms with Crippen molar-refractivity contribution in [3.05, 3.63) is 85.9 Å². The number of hydrogen-bond acceptors (Lipinski definition) is 7. The van der Waals surface area contributed by atoms with E-state index in [1.807, 2.05) is 0 Å². The van der Waals surface area contributed by atoms with Crippen molar-refractivity contribution >= 4 is 40.3 Å². The zero-order chi connectivity index (χ0) is 28.0. The highest BCUT2D eigenvalue weighted by molar-refractivity contribution is 6.33. The summed E-state index contributed by atoms with van der Waals surface area (Å²) in [6.07, 6.45) is -3.97. The number of aromatic nitrogens is 2. The lowest BCUT2D eigenvalue weighted by Gasteiger charge is -2.37. The third-order valence-corrected chi connectivity index (χ3v) is 6.82. The summed E-state index contributed by atoms with van der Waals surface area (Å²) in [7, 11) is 2.53. The lowest BCUT2D eigenvalue weighted by atomic mass is 9.77. The number of methoxy groups -OCH3 is 1. The minimum absolute atomic E-state index is 0.00894. The van der Waals surface area contributed by atoms with Gasteiger partial charge in [0.2, 0.25) is 5.88 Å². The molecule has 0 bridgehead atoms. The van der Waals surface area contributed by atoms with Crippen LogP contribution in [0.15, 0.2) is 57.9 Å². The molecule has 4 rings (SSSR count). The highest BCUT2D eigenvalue weighted by Crippen LogP contribution is 2.50. The van der Waals surface area contributed by atoms with Gasteiger partial charge in [0, 0.05) is 30.3 Å². The topological polar surface area (TPSA) is 104 Å². The van der Waals surface area contributed by atoms with Crippen LogP contribution in [0.2, 0.25) is 10.0 Å². The number of oxazole rings is 1. The molecule has 2 heterocycles. The number of esters is 1. The number of fused-ring (bicyclic) bond motifs is 1. The minimum Gasteiger partial charge on any atom is -0.465 e. The molecule has 0 saturated carbocycles. The summed E-state index contributed by atoms with van der Waals surface area (Å²) < 4.78 is 59.5. The van der Waals surface area contributed by atoms with E-state index in [0.717, 1.165) is 22.9 Å². The zero-order valence-corrected chi connectivity index (χ0v) is 21.5. The second kappa shape index (κ2) is 9.97. The van der Waals surface area contributed by atoms with E-state index < -0.39 is 35.0 Å². The maximum atomic E-state index is 14.4. The third-order valence-electron chi connectivity index (χ3n) is 6.18. The molecule has 0 saturated heterocycles. The number of hydrogen-bond donors (Lipinski definition) is 1. The number of rotatable bonds is 6. The molecule has 0 fully saturated rings. The average Bonchev–Trinajstić information content (AvgIpc) is 3.14. The van der Waals surface area contributed by atoms with Gasteiger partial charge < -0.3 is 19.0 Å². The quantitative estimate of drug-likeness (QED) is 0.285. The number of carbonyl (C=O) groups excluding carboxylic acids is 1. The van der Waals surface area contributed by atoms with Crippen LogP contribution in [0, 0.1) is 0 Å². The van der Waals surface area contributed by atoms with Gasteiger partial charge in [-0.05, 0) is 35.4 Å². The first kappa shape index (κ1) is 27.5. The number of aryl methyl sites for hydroxylation is 1. The van der Waals surface area contributed by atoms with Gasteiger partial charge in [0.25, 0.3) is 0 Å². The van der Waals surface area contributed by atoms with Crippen molar-refractivity contribution in [2.75, 3.05) is 7.11 Å². The normalized spacial score (nSPS) is 14.2. The molecule has 13 heteroatoms. The molecule has 0 aliphatic rings. The number of ether oxygens (including phenoxy) is 2. The van der Waals surface area contributed by atoms with Crippen LogP contribution in [0.1, 0.15) is 34.3 Å². The molecule has 1 N–H and O–H groups in total. The first-order valence-corrected chi connectivity index (χ1v) is 11.6. The lowest BCUT2D eigenvalue weighted by Crippen LogP contribution is -2.46. The van der Waals surface area contributed by atoms with Gasteiger partial charge in [0.1, 0.15) is 5.75 Å². The summed E-state index contributed by atoms with van der Waals surface area (Å²) in [5.74, 6) is -2.93. The Labute approximate surface area is 223 Å². The van der Waals surface area contributed by atoms with Crippen molar-refractivity contribution < 1.29 is 37.0 Å². The Balaban J connectivity index is 1.69. The highest BCUT2D eigenvalue weighted by atomic mass is 35.5. The first-order valence-electron chi connectivity index (χ1n) is 10.9. The van der Waals surface area contributed by atoms with Crippen molar-refractivity contribution in [1.29, 1.82) is 0 Å². The molecule has 0 radical (unpaired) electrons. The van der Waals surface area contributed by atoms with E-state index >= 15 is 0 Å². The molecule has 2 unspecified atom stereocenters. The minimum atomic E-state index is -5.12. The molecule has 38 heavy (non-hydrogen) atoms. The van der Waals surface area contributed by atoms with Gasteiger partial charge >= 0.3 is 17.9 Å². The number of benzene rings is 2. The number of halogens is 5. The van der Waals surface area contributed by atoms with Gasteiger partial charge in [-0.15, -0.1) is 0 Å². The predicted octanol–water partition coefficient (Wildman–Crippen LogP) is 5.97. The Bertz CT molecular complexity index is 1600. The van der Waals surface area contributed by atoms with Gasteiger partial charge in [0.05, 0.1) is 23.2 Å². The van der Waals surface area contributed by atoms with Crippen LogP contribution in [0.4, 0.5) is 13.2 Å². The maximum absolute atomic E-state index is 14.4. The summed E-state index contributed by atoms with van der Waals surface area (Å²) >= 11 is 12.4. The summed E-state index contributed by atoms with van der Waals surface area (Å²) in [6.45, 7) is 1.18.